The third-order valence-corrected chi connectivity index (χ3v) is 9.57. The minimum Gasteiger partial charge on any atom is -0.477 e. The van der Waals surface area contributed by atoms with Crippen molar-refractivity contribution in [2.24, 2.45) is 5.16 Å². The number of rotatable bonds is 10. The van der Waals surface area contributed by atoms with Crippen molar-refractivity contribution in [1.82, 2.24) is 20.1 Å². The Morgan fingerprint density at radius 1 is 1.46 bits per heavy atom. The number of nitrogen functional groups attached to an aromatic ring is 1. The number of amidine groups is 1. The number of halogens is 1. The van der Waals surface area contributed by atoms with Crippen LogP contribution in [0.4, 0.5) is 5.13 Å². The molecule has 2 fully saturated rings. The normalized spacial score (nSPS) is 23.2. The molecule has 0 unspecified atom stereocenters. The fourth-order valence-corrected chi connectivity index (χ4v) is 7.70. The van der Waals surface area contributed by atoms with Crippen LogP contribution in [0.3, 0.4) is 0 Å². The summed E-state index contributed by atoms with van der Waals surface area (Å²) < 4.78 is 0.147. The topological polar surface area (TPSA) is 174 Å². The number of carbonyl (C=O) groups excluding carboxylic acids is 2. The highest BCUT2D eigenvalue weighted by Gasteiger charge is 2.54. The van der Waals surface area contributed by atoms with Crippen LogP contribution in [0.5, 0.6) is 0 Å². The molecule has 12 nitrogen and oxygen atoms in total. The van der Waals surface area contributed by atoms with Crippen molar-refractivity contribution in [2.45, 2.75) is 44.1 Å². The van der Waals surface area contributed by atoms with E-state index in [2.05, 4.69) is 20.4 Å². The second-order valence-electron chi connectivity index (χ2n) is 8.78. The number of hydrogen-bond donors (Lipinski definition) is 4. The van der Waals surface area contributed by atoms with Gasteiger partial charge in [-0.1, -0.05) is 28.1 Å². The van der Waals surface area contributed by atoms with E-state index >= 15 is 0 Å². The van der Waals surface area contributed by atoms with Crippen LogP contribution in [-0.4, -0.2) is 91.3 Å². The zero-order valence-corrected chi connectivity index (χ0v) is 24.4. The fraction of sp³-hybridized carbons (Fsp3) is 0.478. The number of nitrogens with one attached hydrogen (secondary N) is 2. The molecule has 3 aliphatic heterocycles. The van der Waals surface area contributed by atoms with E-state index in [9.17, 15) is 19.5 Å². The number of aromatic nitrogens is 1. The second-order valence-corrected chi connectivity index (χ2v) is 12.5. The van der Waals surface area contributed by atoms with E-state index in [-0.39, 0.29) is 39.2 Å². The van der Waals surface area contributed by atoms with E-state index in [4.69, 9.17) is 27.6 Å². The van der Waals surface area contributed by atoms with Crippen molar-refractivity contribution >= 4 is 80.9 Å². The van der Waals surface area contributed by atoms with Gasteiger partial charge in [-0.2, -0.15) is 0 Å². The quantitative estimate of drug-likeness (QED) is 0.133. The molecule has 0 bridgehead atoms. The number of nitrogens with zero attached hydrogens (tertiary/aromatic N) is 4. The molecule has 4 heterocycles. The Morgan fingerprint density at radius 3 is 2.87 bits per heavy atom. The first-order valence-electron chi connectivity index (χ1n) is 12.1. The number of aliphatic carboxylic acids is 1. The monoisotopic (exact) mass is 613 g/mol. The molecule has 0 saturated carbocycles. The number of thioether (sulfide) groups is 2. The van der Waals surface area contributed by atoms with Gasteiger partial charge in [0.25, 0.3) is 11.8 Å². The zero-order valence-electron chi connectivity index (χ0n) is 21.2. The molecule has 0 aliphatic carbocycles. The molecule has 4 rings (SSSR count). The number of fused-ring (bicyclic) bond motifs is 1. The summed E-state index contributed by atoms with van der Waals surface area (Å²) in [6, 6.07) is -0.681. The number of hydrogen-bond acceptors (Lipinski definition) is 11. The lowest BCUT2D eigenvalue weighted by atomic mass is 10.0. The van der Waals surface area contributed by atoms with Crippen LogP contribution < -0.4 is 11.1 Å². The SMILES string of the molecule is CCO/N=C(\C(=O)N[C@@H]1C(=O)N2C(C(=O)O)=C(C=CSC[C@@H]3CCCN3C(C)=N)CS[C@H]12)c1nc(N)sc1Cl. The Labute approximate surface area is 242 Å². The largest absolute Gasteiger partial charge is 0.477 e. The molecule has 1 aromatic heterocycles. The average Bonchev–Trinajstić information content (AvgIpc) is 3.50. The molecule has 3 atom stereocenters. The Bertz CT molecular complexity index is 1270. The van der Waals surface area contributed by atoms with Crippen LogP contribution in [0.2, 0.25) is 4.34 Å². The van der Waals surface area contributed by atoms with Gasteiger partial charge in [0.15, 0.2) is 10.8 Å². The summed E-state index contributed by atoms with van der Waals surface area (Å²) in [6.07, 6.45) is 3.80. The van der Waals surface area contributed by atoms with Gasteiger partial charge in [0.05, 0.1) is 5.84 Å². The Balaban J connectivity index is 1.44. The number of nitrogens with two attached hydrogens (primary N) is 1. The fourth-order valence-electron chi connectivity index (χ4n) is 4.51. The summed E-state index contributed by atoms with van der Waals surface area (Å²) in [6.45, 7) is 4.54. The highest BCUT2D eigenvalue weighted by molar-refractivity contribution is 8.02. The molecule has 5 N–H and O–H groups in total. The van der Waals surface area contributed by atoms with Gasteiger partial charge in [-0.05, 0) is 43.7 Å². The maximum Gasteiger partial charge on any atom is 0.352 e. The van der Waals surface area contributed by atoms with Crippen LogP contribution in [-0.2, 0) is 19.2 Å². The van der Waals surface area contributed by atoms with E-state index in [1.807, 2.05) is 5.41 Å². The highest BCUT2D eigenvalue weighted by atomic mass is 35.5. The molecule has 3 aliphatic rings. The van der Waals surface area contributed by atoms with Crippen LogP contribution in [0, 0.1) is 5.41 Å². The standard InChI is InChI=1S/C23H28ClN7O5S3/c1-3-36-29-15(14-18(24)39-23(26)28-14)19(32)27-16-20(33)31-17(22(34)35)12(9-38-21(16)31)6-8-37-10-13-5-4-7-30(13)11(2)25/h6,8,13,16,21,25H,3-5,7,9-10H2,1-2H3,(H2,26,28)(H,27,32)(H,34,35)/b8-6?,25-11?,29-15-/t13-,16+,21+/m0/s1. The average molecular weight is 614 g/mol. The molecule has 2 amide bonds. The van der Waals surface area contributed by atoms with Crippen molar-refractivity contribution in [1.29, 1.82) is 5.41 Å². The van der Waals surface area contributed by atoms with Gasteiger partial charge in [-0.15, -0.1) is 23.5 Å². The number of allylic oxidation sites excluding steroid dienone is 1. The molecule has 0 aromatic carbocycles. The minimum absolute atomic E-state index is 0.0394. The van der Waals surface area contributed by atoms with Gasteiger partial charge in [0.2, 0.25) is 0 Å². The number of oxime groups is 1. The number of anilines is 1. The van der Waals surface area contributed by atoms with Crippen LogP contribution >= 0.6 is 46.5 Å². The molecule has 0 radical (unpaired) electrons. The van der Waals surface area contributed by atoms with Crippen LogP contribution in [0.15, 0.2) is 27.9 Å². The van der Waals surface area contributed by atoms with Gasteiger partial charge in [0, 0.05) is 24.1 Å². The van der Waals surface area contributed by atoms with E-state index < -0.39 is 29.2 Å². The molecule has 1 aromatic rings. The summed E-state index contributed by atoms with van der Waals surface area (Å²) in [7, 11) is 0. The minimum atomic E-state index is -1.21. The second kappa shape index (κ2) is 12.6. The molecule has 16 heteroatoms. The summed E-state index contributed by atoms with van der Waals surface area (Å²) in [5, 5.41) is 25.7. The summed E-state index contributed by atoms with van der Waals surface area (Å²) >= 11 is 10.0. The van der Waals surface area contributed by atoms with Crippen molar-refractivity contribution in [3.05, 3.63) is 32.8 Å². The maximum atomic E-state index is 13.1. The number of thiazole rings is 1. The number of carboxylic acids is 1. The summed E-state index contributed by atoms with van der Waals surface area (Å²) in [5.41, 5.74) is 5.93. The van der Waals surface area contributed by atoms with Crippen LogP contribution in [0.25, 0.3) is 0 Å². The molecule has 39 heavy (non-hydrogen) atoms. The van der Waals surface area contributed by atoms with E-state index in [0.717, 1.165) is 36.5 Å². The summed E-state index contributed by atoms with van der Waals surface area (Å²) in [5.74, 6) is -0.802. The van der Waals surface area contributed by atoms with E-state index in [1.165, 1.54) is 16.7 Å². The first-order chi connectivity index (χ1) is 18.6. The van der Waals surface area contributed by atoms with Gasteiger partial charge < -0.3 is 25.9 Å². The third kappa shape index (κ3) is 6.21. The molecular weight excluding hydrogens is 586 g/mol. The van der Waals surface area contributed by atoms with Crippen LogP contribution in [0.1, 0.15) is 32.4 Å². The molecule has 210 valence electrons. The van der Waals surface area contributed by atoms with Gasteiger partial charge in [0.1, 0.15) is 33.7 Å². The van der Waals surface area contributed by atoms with Gasteiger partial charge >= 0.3 is 5.97 Å². The lowest BCUT2D eigenvalue weighted by molar-refractivity contribution is -0.150. The third-order valence-electron chi connectivity index (χ3n) is 6.28. The van der Waals surface area contributed by atoms with Gasteiger partial charge in [-0.25, -0.2) is 9.78 Å². The number of carbonyl (C=O) groups is 3. The van der Waals surface area contributed by atoms with Crippen molar-refractivity contribution in [3.8, 4) is 0 Å². The smallest absolute Gasteiger partial charge is 0.352 e. The van der Waals surface area contributed by atoms with Crippen molar-refractivity contribution in [2.75, 3.05) is 30.4 Å². The van der Waals surface area contributed by atoms with Crippen molar-refractivity contribution in [3.63, 3.8) is 0 Å². The molecular formula is C23H28ClN7O5S3. The Hall–Kier alpha value is -2.75. The number of likely N-dealkylation sites (tertiary alicyclic amines) is 1. The summed E-state index contributed by atoms with van der Waals surface area (Å²) in [4.78, 5) is 50.6. The molecule has 0 spiro atoms. The number of amides is 2. The predicted octanol–water partition coefficient (Wildman–Crippen LogP) is 2.57. The zero-order chi connectivity index (χ0) is 28.3. The first kappa shape index (κ1) is 29.2. The van der Waals surface area contributed by atoms with E-state index in [0.29, 0.717) is 17.2 Å². The number of carboxylic acid groups (broad SMARTS) is 1. The first-order valence-corrected chi connectivity index (χ1v) is 15.4. The maximum absolute atomic E-state index is 13.1. The lowest BCUT2D eigenvalue weighted by Gasteiger charge is -2.49. The number of β-lactam (4-membered cyclic amide) rings is 1. The lowest BCUT2D eigenvalue weighted by Crippen LogP contribution is -2.71. The highest BCUT2D eigenvalue weighted by Crippen LogP contribution is 2.41. The Morgan fingerprint density at radius 2 is 2.23 bits per heavy atom. The Kier molecular flexibility index (Phi) is 9.46. The molecule has 2 saturated heterocycles. The van der Waals surface area contributed by atoms with E-state index in [1.54, 1.807) is 31.7 Å². The predicted molar refractivity (Wildman–Crippen MR) is 154 cm³/mol. The van der Waals surface area contributed by atoms with Gasteiger partial charge in [-0.3, -0.25) is 19.9 Å². The van der Waals surface area contributed by atoms with Crippen molar-refractivity contribution < 1.29 is 24.3 Å².